The van der Waals surface area contributed by atoms with Crippen LogP contribution in [0.5, 0.6) is 0 Å². The van der Waals surface area contributed by atoms with Gasteiger partial charge in [0.05, 0.1) is 18.8 Å². The number of hydrogen-bond donors (Lipinski definition) is 3. The average molecular weight is 288 g/mol. The number of carbonyl (C=O) groups is 1. The quantitative estimate of drug-likeness (QED) is 0.775. The Hall–Kier alpha value is -2.34. The van der Waals surface area contributed by atoms with E-state index >= 15 is 0 Å². The van der Waals surface area contributed by atoms with Crippen molar-refractivity contribution in [2.75, 3.05) is 6.61 Å². The zero-order valence-electron chi connectivity index (χ0n) is 12.2. The average Bonchev–Trinajstić information content (AvgIpc) is 2.83. The fourth-order valence-electron chi connectivity index (χ4n) is 2.02. The molecule has 1 aromatic carbocycles. The maximum Gasteiger partial charge on any atom is 0.315 e. The van der Waals surface area contributed by atoms with Crippen LogP contribution < -0.4 is 10.6 Å². The highest BCUT2D eigenvalue weighted by atomic mass is 16.3. The van der Waals surface area contributed by atoms with E-state index in [2.05, 4.69) is 15.7 Å². The second-order valence-corrected chi connectivity index (χ2v) is 4.85. The van der Waals surface area contributed by atoms with Crippen LogP contribution in [0.4, 0.5) is 4.79 Å². The summed E-state index contributed by atoms with van der Waals surface area (Å²) in [5.74, 6) is 0. The Morgan fingerprint density at radius 1 is 1.38 bits per heavy atom. The van der Waals surface area contributed by atoms with Gasteiger partial charge in [0.2, 0.25) is 0 Å². The SMILES string of the molecule is Cc1c(CNC(=O)NC(CO)c2ccccc2)cnn1C. The normalized spacial score (nSPS) is 12.0. The van der Waals surface area contributed by atoms with Gasteiger partial charge in [-0.15, -0.1) is 0 Å². The monoisotopic (exact) mass is 288 g/mol. The van der Waals surface area contributed by atoms with Crippen molar-refractivity contribution in [2.45, 2.75) is 19.5 Å². The summed E-state index contributed by atoms with van der Waals surface area (Å²) in [7, 11) is 1.86. The third kappa shape index (κ3) is 3.82. The van der Waals surface area contributed by atoms with E-state index in [-0.39, 0.29) is 12.6 Å². The van der Waals surface area contributed by atoms with Crippen LogP contribution in [0.1, 0.15) is 22.9 Å². The Morgan fingerprint density at radius 3 is 2.67 bits per heavy atom. The number of nitrogens with zero attached hydrogens (tertiary/aromatic N) is 2. The zero-order valence-corrected chi connectivity index (χ0v) is 12.2. The smallest absolute Gasteiger partial charge is 0.315 e. The topological polar surface area (TPSA) is 79.2 Å². The molecule has 2 rings (SSSR count). The van der Waals surface area contributed by atoms with Crippen LogP contribution in [0, 0.1) is 6.92 Å². The molecule has 2 amide bonds. The predicted molar refractivity (Wildman–Crippen MR) is 79.6 cm³/mol. The van der Waals surface area contributed by atoms with Crippen molar-refractivity contribution < 1.29 is 9.90 Å². The highest BCUT2D eigenvalue weighted by Gasteiger charge is 2.13. The van der Waals surface area contributed by atoms with Gasteiger partial charge in [-0.1, -0.05) is 30.3 Å². The third-order valence-electron chi connectivity index (χ3n) is 3.47. The first-order valence-electron chi connectivity index (χ1n) is 6.79. The number of amides is 2. The molecule has 0 bridgehead atoms. The molecule has 0 saturated carbocycles. The minimum atomic E-state index is -0.416. The van der Waals surface area contributed by atoms with Gasteiger partial charge in [0.15, 0.2) is 0 Å². The molecule has 0 aliphatic heterocycles. The highest BCUT2D eigenvalue weighted by molar-refractivity contribution is 5.74. The maximum absolute atomic E-state index is 11.9. The van der Waals surface area contributed by atoms with Gasteiger partial charge in [-0.25, -0.2) is 4.79 Å². The molecule has 112 valence electrons. The minimum absolute atomic E-state index is 0.149. The molecular weight excluding hydrogens is 268 g/mol. The number of nitrogens with one attached hydrogen (secondary N) is 2. The lowest BCUT2D eigenvalue weighted by molar-refractivity contribution is 0.216. The molecule has 1 aromatic heterocycles. The number of aliphatic hydroxyl groups excluding tert-OH is 1. The number of hydrogen-bond acceptors (Lipinski definition) is 3. The van der Waals surface area contributed by atoms with Gasteiger partial charge < -0.3 is 15.7 Å². The first-order chi connectivity index (χ1) is 10.1. The molecule has 0 spiro atoms. The van der Waals surface area contributed by atoms with Crippen molar-refractivity contribution in [3.8, 4) is 0 Å². The van der Waals surface area contributed by atoms with Gasteiger partial charge in [0, 0.05) is 24.8 Å². The molecule has 0 aliphatic carbocycles. The molecular formula is C15H20N4O2. The highest BCUT2D eigenvalue weighted by Crippen LogP contribution is 2.11. The fourth-order valence-corrected chi connectivity index (χ4v) is 2.02. The van der Waals surface area contributed by atoms with E-state index in [1.165, 1.54) is 0 Å². The molecule has 1 heterocycles. The summed E-state index contributed by atoms with van der Waals surface area (Å²) in [5.41, 5.74) is 2.85. The summed E-state index contributed by atoms with van der Waals surface area (Å²) in [6.07, 6.45) is 1.73. The summed E-state index contributed by atoms with van der Waals surface area (Å²) in [5, 5.41) is 19.1. The van der Waals surface area contributed by atoms with Crippen LogP contribution in [0.15, 0.2) is 36.5 Å². The van der Waals surface area contributed by atoms with Gasteiger partial charge in [0.1, 0.15) is 0 Å². The largest absolute Gasteiger partial charge is 0.394 e. The van der Waals surface area contributed by atoms with E-state index in [0.29, 0.717) is 6.54 Å². The van der Waals surface area contributed by atoms with Gasteiger partial charge >= 0.3 is 6.03 Å². The molecule has 3 N–H and O–H groups in total. The van der Waals surface area contributed by atoms with Gasteiger partial charge in [-0.3, -0.25) is 4.68 Å². The summed E-state index contributed by atoms with van der Waals surface area (Å²) in [6.45, 7) is 2.20. The molecule has 6 heteroatoms. The maximum atomic E-state index is 11.9. The van der Waals surface area contributed by atoms with Crippen molar-refractivity contribution >= 4 is 6.03 Å². The van der Waals surface area contributed by atoms with E-state index in [1.54, 1.807) is 10.9 Å². The first kappa shape index (κ1) is 15.1. The molecule has 1 unspecified atom stereocenters. The van der Waals surface area contributed by atoms with Crippen molar-refractivity contribution in [3.05, 3.63) is 53.3 Å². The lowest BCUT2D eigenvalue weighted by Crippen LogP contribution is -2.38. The Kier molecular flexibility index (Phi) is 4.94. The van der Waals surface area contributed by atoms with E-state index in [4.69, 9.17) is 0 Å². The Bertz CT molecular complexity index is 595. The van der Waals surface area contributed by atoms with Gasteiger partial charge in [-0.2, -0.15) is 5.10 Å². The standard InChI is InChI=1S/C15H20N4O2/c1-11-13(9-17-19(11)2)8-16-15(21)18-14(10-20)12-6-4-3-5-7-12/h3-7,9,14,20H,8,10H2,1-2H3,(H2,16,18,21). The molecule has 0 radical (unpaired) electrons. The van der Waals surface area contributed by atoms with Crippen molar-refractivity contribution in [1.82, 2.24) is 20.4 Å². The van der Waals surface area contributed by atoms with Crippen LogP contribution in [0.3, 0.4) is 0 Å². The van der Waals surface area contributed by atoms with Crippen molar-refractivity contribution in [2.24, 2.45) is 7.05 Å². The van der Waals surface area contributed by atoms with Gasteiger partial charge in [-0.05, 0) is 12.5 Å². The molecule has 1 atom stereocenters. The van der Waals surface area contributed by atoms with Crippen molar-refractivity contribution in [1.29, 1.82) is 0 Å². The van der Waals surface area contributed by atoms with E-state index < -0.39 is 6.04 Å². The number of rotatable bonds is 5. The predicted octanol–water partition coefficient (Wildman–Crippen LogP) is 1.26. The molecule has 0 fully saturated rings. The van der Waals surface area contributed by atoms with E-state index in [9.17, 15) is 9.90 Å². The zero-order chi connectivity index (χ0) is 15.2. The Balaban J connectivity index is 1.90. The number of aryl methyl sites for hydroxylation is 1. The number of aliphatic hydroxyl groups is 1. The second-order valence-electron chi connectivity index (χ2n) is 4.85. The Labute approximate surface area is 123 Å². The molecule has 21 heavy (non-hydrogen) atoms. The van der Waals surface area contributed by atoms with Crippen LogP contribution in [-0.2, 0) is 13.6 Å². The summed E-state index contributed by atoms with van der Waals surface area (Å²) >= 11 is 0. The van der Waals surface area contributed by atoms with Crippen LogP contribution >= 0.6 is 0 Å². The number of carbonyl (C=O) groups excluding carboxylic acids is 1. The summed E-state index contributed by atoms with van der Waals surface area (Å²) < 4.78 is 1.76. The number of urea groups is 1. The third-order valence-corrected chi connectivity index (χ3v) is 3.47. The summed E-state index contributed by atoms with van der Waals surface area (Å²) in [6, 6.07) is 8.64. The lowest BCUT2D eigenvalue weighted by Gasteiger charge is -2.17. The first-order valence-corrected chi connectivity index (χ1v) is 6.79. The van der Waals surface area contributed by atoms with Crippen LogP contribution in [0.2, 0.25) is 0 Å². The second kappa shape index (κ2) is 6.90. The van der Waals surface area contributed by atoms with E-state index in [1.807, 2.05) is 44.3 Å². The molecule has 0 saturated heterocycles. The van der Waals surface area contributed by atoms with Crippen LogP contribution in [-0.4, -0.2) is 27.5 Å². The lowest BCUT2D eigenvalue weighted by atomic mass is 10.1. The van der Waals surface area contributed by atoms with Crippen LogP contribution in [0.25, 0.3) is 0 Å². The fraction of sp³-hybridized carbons (Fsp3) is 0.333. The Morgan fingerprint density at radius 2 is 2.10 bits per heavy atom. The summed E-state index contributed by atoms with van der Waals surface area (Å²) in [4.78, 5) is 11.9. The number of benzene rings is 1. The molecule has 2 aromatic rings. The number of aromatic nitrogens is 2. The van der Waals surface area contributed by atoms with Gasteiger partial charge in [0.25, 0.3) is 0 Å². The molecule has 6 nitrogen and oxygen atoms in total. The van der Waals surface area contributed by atoms with Crippen molar-refractivity contribution in [3.63, 3.8) is 0 Å². The van der Waals surface area contributed by atoms with E-state index in [0.717, 1.165) is 16.8 Å². The minimum Gasteiger partial charge on any atom is -0.394 e. The molecule has 0 aliphatic rings.